The van der Waals surface area contributed by atoms with Crippen molar-refractivity contribution in [2.75, 3.05) is 69.2 Å². The van der Waals surface area contributed by atoms with Crippen LogP contribution in [0.3, 0.4) is 0 Å². The Bertz CT molecular complexity index is 823. The SMILES string of the molecule is Cc1nc(N2CCN(C)CC2)cc(N2CCN(C(=O)C(C)n3cccn3)CC2)n1. The maximum atomic E-state index is 12.8. The number of aryl methyl sites for hydroxylation is 1. The zero-order valence-electron chi connectivity index (χ0n) is 17.5. The number of hydrogen-bond acceptors (Lipinski definition) is 7. The van der Waals surface area contributed by atoms with Crippen molar-refractivity contribution in [3.8, 4) is 0 Å². The van der Waals surface area contributed by atoms with Crippen molar-refractivity contribution in [3.05, 3.63) is 30.4 Å². The molecule has 0 aromatic carbocycles. The summed E-state index contributed by atoms with van der Waals surface area (Å²) in [6, 6.07) is 3.67. The molecule has 1 unspecified atom stereocenters. The molecule has 0 N–H and O–H groups in total. The highest BCUT2D eigenvalue weighted by molar-refractivity contribution is 5.80. The van der Waals surface area contributed by atoms with Gasteiger partial charge >= 0.3 is 0 Å². The maximum Gasteiger partial charge on any atom is 0.247 e. The number of nitrogens with zero attached hydrogens (tertiary/aromatic N) is 8. The van der Waals surface area contributed by atoms with Crippen molar-refractivity contribution < 1.29 is 4.79 Å². The summed E-state index contributed by atoms with van der Waals surface area (Å²) < 4.78 is 1.71. The highest BCUT2D eigenvalue weighted by atomic mass is 16.2. The summed E-state index contributed by atoms with van der Waals surface area (Å²) in [6.07, 6.45) is 3.54. The third-order valence-electron chi connectivity index (χ3n) is 5.83. The first-order valence-corrected chi connectivity index (χ1v) is 10.3. The summed E-state index contributed by atoms with van der Waals surface area (Å²) >= 11 is 0. The van der Waals surface area contributed by atoms with Gasteiger partial charge < -0.3 is 19.6 Å². The van der Waals surface area contributed by atoms with E-state index in [1.54, 1.807) is 10.9 Å². The second kappa shape index (κ2) is 8.36. The minimum absolute atomic E-state index is 0.116. The molecule has 2 aliphatic rings. The number of anilines is 2. The molecule has 9 heteroatoms. The maximum absolute atomic E-state index is 12.8. The molecular formula is C20H30N8O. The molecular weight excluding hydrogens is 368 g/mol. The quantitative estimate of drug-likeness (QED) is 0.748. The third-order valence-corrected chi connectivity index (χ3v) is 5.83. The van der Waals surface area contributed by atoms with E-state index >= 15 is 0 Å². The van der Waals surface area contributed by atoms with Gasteiger partial charge in [-0.25, -0.2) is 9.97 Å². The van der Waals surface area contributed by atoms with Crippen molar-refractivity contribution in [2.45, 2.75) is 19.9 Å². The monoisotopic (exact) mass is 398 g/mol. The van der Waals surface area contributed by atoms with Gasteiger partial charge in [0.1, 0.15) is 23.5 Å². The molecule has 0 radical (unpaired) electrons. The minimum Gasteiger partial charge on any atom is -0.354 e. The van der Waals surface area contributed by atoms with E-state index in [1.165, 1.54) is 0 Å². The standard InChI is InChI=1S/C20H30N8O/c1-16(28-6-4-5-21-28)20(29)27-13-11-26(12-14-27)19-15-18(22-17(2)23-19)25-9-7-24(3)8-10-25/h4-6,15-16H,7-14H2,1-3H3. The molecule has 2 aliphatic heterocycles. The van der Waals surface area contributed by atoms with Gasteiger partial charge in [-0.1, -0.05) is 0 Å². The van der Waals surface area contributed by atoms with E-state index < -0.39 is 0 Å². The molecule has 2 fully saturated rings. The van der Waals surface area contributed by atoms with Crippen LogP contribution >= 0.6 is 0 Å². The number of amides is 1. The van der Waals surface area contributed by atoms with Crippen LogP contribution in [0.2, 0.25) is 0 Å². The normalized spacial score (nSPS) is 19.5. The van der Waals surface area contributed by atoms with Gasteiger partial charge in [-0.3, -0.25) is 9.48 Å². The van der Waals surface area contributed by atoms with Gasteiger partial charge in [-0.05, 0) is 27.0 Å². The highest BCUT2D eigenvalue weighted by Gasteiger charge is 2.27. The Balaban J connectivity index is 1.40. The molecule has 29 heavy (non-hydrogen) atoms. The van der Waals surface area contributed by atoms with E-state index in [9.17, 15) is 4.79 Å². The van der Waals surface area contributed by atoms with Crippen LogP contribution in [0.4, 0.5) is 11.6 Å². The lowest BCUT2D eigenvalue weighted by Gasteiger charge is -2.37. The largest absolute Gasteiger partial charge is 0.354 e. The molecule has 156 valence electrons. The zero-order valence-corrected chi connectivity index (χ0v) is 17.5. The summed E-state index contributed by atoms with van der Waals surface area (Å²) in [5.41, 5.74) is 0. The Hall–Kier alpha value is -2.68. The molecule has 0 saturated carbocycles. The van der Waals surface area contributed by atoms with Gasteiger partial charge in [0.15, 0.2) is 0 Å². The van der Waals surface area contributed by atoms with E-state index in [4.69, 9.17) is 0 Å². The lowest BCUT2D eigenvalue weighted by atomic mass is 10.2. The lowest BCUT2D eigenvalue weighted by molar-refractivity contribution is -0.134. The highest BCUT2D eigenvalue weighted by Crippen LogP contribution is 2.22. The summed E-state index contributed by atoms with van der Waals surface area (Å²) in [6.45, 7) is 10.9. The predicted molar refractivity (Wildman–Crippen MR) is 112 cm³/mol. The summed E-state index contributed by atoms with van der Waals surface area (Å²) in [4.78, 5) is 31.0. The predicted octanol–water partition coefficient (Wildman–Crippen LogP) is 0.643. The number of aromatic nitrogens is 4. The van der Waals surface area contributed by atoms with E-state index in [2.05, 4.69) is 42.9 Å². The van der Waals surface area contributed by atoms with Crippen LogP contribution in [0, 0.1) is 6.92 Å². The topological polar surface area (TPSA) is 73.6 Å². The minimum atomic E-state index is -0.276. The Morgan fingerprint density at radius 1 is 0.966 bits per heavy atom. The molecule has 1 amide bonds. The molecule has 2 aromatic heterocycles. The number of rotatable bonds is 4. The van der Waals surface area contributed by atoms with Gasteiger partial charge in [0.2, 0.25) is 5.91 Å². The number of hydrogen-bond donors (Lipinski definition) is 0. The fraction of sp³-hybridized carbons (Fsp3) is 0.600. The summed E-state index contributed by atoms with van der Waals surface area (Å²) in [5, 5.41) is 4.20. The molecule has 1 atom stereocenters. The molecule has 0 bridgehead atoms. The van der Waals surface area contributed by atoms with Gasteiger partial charge in [-0.2, -0.15) is 5.10 Å². The van der Waals surface area contributed by atoms with E-state index in [-0.39, 0.29) is 11.9 Å². The van der Waals surface area contributed by atoms with Crippen LogP contribution in [-0.4, -0.2) is 94.9 Å². The van der Waals surface area contributed by atoms with E-state index in [0.29, 0.717) is 13.1 Å². The summed E-state index contributed by atoms with van der Waals surface area (Å²) in [5.74, 6) is 2.87. The average Bonchev–Trinajstić information content (AvgIpc) is 3.28. The Morgan fingerprint density at radius 3 is 2.10 bits per heavy atom. The first-order valence-electron chi connectivity index (χ1n) is 10.3. The first kappa shape index (κ1) is 19.6. The second-order valence-corrected chi connectivity index (χ2v) is 7.90. The molecule has 2 saturated heterocycles. The van der Waals surface area contributed by atoms with Crippen molar-refractivity contribution in [1.29, 1.82) is 0 Å². The Kier molecular flexibility index (Phi) is 5.66. The van der Waals surface area contributed by atoms with Gasteiger partial charge in [0, 0.05) is 70.8 Å². The van der Waals surface area contributed by atoms with Gasteiger partial charge in [0.05, 0.1) is 0 Å². The Morgan fingerprint density at radius 2 is 1.55 bits per heavy atom. The van der Waals surface area contributed by atoms with Crippen LogP contribution in [0.1, 0.15) is 18.8 Å². The van der Waals surface area contributed by atoms with Crippen LogP contribution in [0.25, 0.3) is 0 Å². The molecule has 2 aromatic rings. The molecule has 4 rings (SSSR count). The van der Waals surface area contributed by atoms with Crippen molar-refractivity contribution in [3.63, 3.8) is 0 Å². The van der Waals surface area contributed by atoms with Crippen molar-refractivity contribution in [1.82, 2.24) is 29.5 Å². The van der Waals surface area contributed by atoms with E-state index in [1.807, 2.05) is 31.0 Å². The van der Waals surface area contributed by atoms with Crippen LogP contribution < -0.4 is 9.80 Å². The molecule has 0 spiro atoms. The molecule has 4 heterocycles. The zero-order chi connectivity index (χ0) is 20.4. The smallest absolute Gasteiger partial charge is 0.247 e. The molecule has 9 nitrogen and oxygen atoms in total. The van der Waals surface area contributed by atoms with Crippen LogP contribution in [0.15, 0.2) is 24.5 Å². The number of likely N-dealkylation sites (N-methyl/N-ethyl adjacent to an activating group) is 1. The average molecular weight is 399 g/mol. The number of carbonyl (C=O) groups excluding carboxylic acids is 1. The van der Waals surface area contributed by atoms with Gasteiger partial charge in [0.25, 0.3) is 0 Å². The third kappa shape index (κ3) is 4.34. The number of piperazine rings is 2. The first-order chi connectivity index (χ1) is 14.0. The fourth-order valence-corrected chi connectivity index (χ4v) is 3.94. The van der Waals surface area contributed by atoms with Crippen LogP contribution in [0.5, 0.6) is 0 Å². The second-order valence-electron chi connectivity index (χ2n) is 7.90. The van der Waals surface area contributed by atoms with Crippen LogP contribution in [-0.2, 0) is 4.79 Å². The number of carbonyl (C=O) groups is 1. The lowest BCUT2D eigenvalue weighted by Crippen LogP contribution is -2.50. The fourth-order valence-electron chi connectivity index (χ4n) is 3.94. The van der Waals surface area contributed by atoms with E-state index in [0.717, 1.165) is 56.7 Å². The Labute approximate surface area is 171 Å². The van der Waals surface area contributed by atoms with Crippen molar-refractivity contribution >= 4 is 17.5 Å². The molecule has 0 aliphatic carbocycles. The van der Waals surface area contributed by atoms with Crippen molar-refractivity contribution in [2.24, 2.45) is 0 Å². The van der Waals surface area contributed by atoms with Gasteiger partial charge in [-0.15, -0.1) is 0 Å². The summed E-state index contributed by atoms with van der Waals surface area (Å²) in [7, 11) is 2.15.